The van der Waals surface area contributed by atoms with E-state index in [2.05, 4.69) is 10.2 Å². The van der Waals surface area contributed by atoms with Gasteiger partial charge in [0.25, 0.3) is 5.56 Å². The summed E-state index contributed by atoms with van der Waals surface area (Å²) < 4.78 is 13.6. The largest absolute Gasteiger partial charge is 0.477 e. The fraction of sp³-hybridized carbons (Fsp3) is 0.0833. The first-order chi connectivity index (χ1) is 9.02. The van der Waals surface area contributed by atoms with E-state index in [0.717, 1.165) is 6.07 Å². The van der Waals surface area contributed by atoms with Crippen LogP contribution in [0.4, 0.5) is 4.39 Å². The van der Waals surface area contributed by atoms with Gasteiger partial charge in [-0.15, -0.1) is 0 Å². The summed E-state index contributed by atoms with van der Waals surface area (Å²) in [5.74, 6) is -1.88. The molecule has 1 aromatic carbocycles. The van der Waals surface area contributed by atoms with Crippen LogP contribution in [0.2, 0.25) is 0 Å². The van der Waals surface area contributed by atoms with Gasteiger partial charge in [-0.05, 0) is 12.1 Å². The predicted molar refractivity (Wildman–Crippen MR) is 65.1 cm³/mol. The number of nitrogens with one attached hydrogen (secondary N) is 1. The fourth-order valence-corrected chi connectivity index (χ4v) is 1.58. The van der Waals surface area contributed by atoms with Crippen molar-refractivity contribution in [3.05, 3.63) is 51.6 Å². The van der Waals surface area contributed by atoms with Crippen molar-refractivity contribution in [3.8, 4) is 11.3 Å². The maximum absolute atomic E-state index is 13.6. The molecule has 0 atom stereocenters. The normalized spacial score (nSPS) is 10.4. The van der Waals surface area contributed by atoms with E-state index >= 15 is 0 Å². The summed E-state index contributed by atoms with van der Waals surface area (Å²) in [6, 6.07) is 5.32. The van der Waals surface area contributed by atoms with Gasteiger partial charge in [0.2, 0.25) is 0 Å². The lowest BCUT2D eigenvalue weighted by molar-refractivity contribution is 0.0694. The summed E-state index contributed by atoms with van der Waals surface area (Å²) in [5, 5.41) is 14.6. The topological polar surface area (TPSA) is 109 Å². The maximum Gasteiger partial charge on any atom is 0.341 e. The van der Waals surface area contributed by atoms with Crippen LogP contribution >= 0.6 is 0 Å². The summed E-state index contributed by atoms with van der Waals surface area (Å²) in [5.41, 5.74) is 4.94. The van der Waals surface area contributed by atoms with E-state index < -0.39 is 22.9 Å². The third kappa shape index (κ3) is 2.50. The van der Waals surface area contributed by atoms with E-state index in [4.69, 9.17) is 10.8 Å². The molecule has 4 N–H and O–H groups in total. The predicted octanol–water partition coefficient (Wildman–Crippen LogP) is 0.733. The smallest absolute Gasteiger partial charge is 0.341 e. The first-order valence-electron chi connectivity index (χ1n) is 5.35. The zero-order chi connectivity index (χ0) is 14.0. The molecule has 0 saturated heterocycles. The summed E-state index contributed by atoms with van der Waals surface area (Å²) in [6.07, 6.45) is 0. The minimum atomic E-state index is -1.37. The van der Waals surface area contributed by atoms with Crippen LogP contribution in [0.25, 0.3) is 11.3 Å². The number of halogens is 1. The van der Waals surface area contributed by atoms with Crippen LogP contribution in [0.5, 0.6) is 0 Å². The zero-order valence-corrected chi connectivity index (χ0v) is 9.68. The van der Waals surface area contributed by atoms with Crippen molar-refractivity contribution in [2.75, 3.05) is 0 Å². The summed E-state index contributed by atoms with van der Waals surface area (Å²) in [4.78, 5) is 22.1. The molecule has 0 saturated carbocycles. The van der Waals surface area contributed by atoms with Gasteiger partial charge in [0, 0.05) is 17.7 Å². The van der Waals surface area contributed by atoms with Crippen LogP contribution < -0.4 is 11.3 Å². The Hall–Kier alpha value is -2.54. The lowest BCUT2D eigenvalue weighted by Gasteiger charge is -2.04. The van der Waals surface area contributed by atoms with Crippen LogP contribution in [0.1, 0.15) is 15.9 Å². The van der Waals surface area contributed by atoms with Crippen LogP contribution in [-0.4, -0.2) is 21.3 Å². The Morgan fingerprint density at radius 2 is 2.16 bits per heavy atom. The van der Waals surface area contributed by atoms with Crippen LogP contribution in [0.3, 0.4) is 0 Å². The van der Waals surface area contributed by atoms with Gasteiger partial charge >= 0.3 is 5.97 Å². The number of aromatic carboxylic acids is 1. The van der Waals surface area contributed by atoms with Crippen molar-refractivity contribution < 1.29 is 14.3 Å². The molecule has 0 aliphatic heterocycles. The molecule has 0 aliphatic carbocycles. The first kappa shape index (κ1) is 12.9. The maximum atomic E-state index is 13.6. The molecular formula is C12H10FN3O3. The number of hydrogen-bond donors (Lipinski definition) is 3. The number of H-pyrrole nitrogens is 1. The number of carbonyl (C=O) groups is 1. The molecular weight excluding hydrogens is 253 g/mol. The molecule has 0 fully saturated rings. The number of rotatable bonds is 3. The molecule has 0 amide bonds. The highest BCUT2D eigenvalue weighted by Crippen LogP contribution is 2.19. The number of carboxylic acid groups (broad SMARTS) is 1. The lowest BCUT2D eigenvalue weighted by Crippen LogP contribution is -2.18. The van der Waals surface area contributed by atoms with Gasteiger partial charge in [-0.3, -0.25) is 4.79 Å². The van der Waals surface area contributed by atoms with Gasteiger partial charge in [0.1, 0.15) is 11.4 Å². The third-order valence-corrected chi connectivity index (χ3v) is 2.60. The van der Waals surface area contributed by atoms with Gasteiger partial charge in [0.05, 0.1) is 5.69 Å². The number of aromatic amines is 1. The zero-order valence-electron chi connectivity index (χ0n) is 9.68. The van der Waals surface area contributed by atoms with Crippen molar-refractivity contribution in [1.82, 2.24) is 10.2 Å². The Kier molecular flexibility index (Phi) is 3.39. The minimum Gasteiger partial charge on any atom is -0.477 e. The first-order valence-corrected chi connectivity index (χ1v) is 5.35. The summed E-state index contributed by atoms with van der Waals surface area (Å²) >= 11 is 0. The molecule has 1 heterocycles. The standard InChI is InChI=1S/C12H10FN3O3/c13-9-3-6(1-2-7(9)5-14)10-4-8(12(18)19)11(17)16-15-10/h1-4H,5,14H2,(H,16,17)(H,18,19). The van der Waals surface area contributed by atoms with E-state index in [1.54, 1.807) is 6.07 Å². The molecule has 0 radical (unpaired) electrons. The Bertz CT molecular complexity index is 697. The average molecular weight is 263 g/mol. The summed E-state index contributed by atoms with van der Waals surface area (Å²) in [7, 11) is 0. The second-order valence-electron chi connectivity index (χ2n) is 3.81. The molecule has 7 heteroatoms. The van der Waals surface area contributed by atoms with Crippen LogP contribution in [-0.2, 0) is 6.54 Å². The quantitative estimate of drug-likeness (QED) is 0.756. The third-order valence-electron chi connectivity index (χ3n) is 2.60. The van der Waals surface area contributed by atoms with Crippen molar-refractivity contribution in [2.45, 2.75) is 6.54 Å². The van der Waals surface area contributed by atoms with Crippen molar-refractivity contribution >= 4 is 5.97 Å². The van der Waals surface area contributed by atoms with E-state index in [1.165, 1.54) is 12.1 Å². The Morgan fingerprint density at radius 1 is 1.42 bits per heavy atom. The number of benzene rings is 1. The Morgan fingerprint density at radius 3 is 2.74 bits per heavy atom. The Balaban J connectivity index is 2.53. The molecule has 98 valence electrons. The summed E-state index contributed by atoms with van der Waals surface area (Å²) in [6.45, 7) is 0.0611. The van der Waals surface area contributed by atoms with E-state index in [-0.39, 0.29) is 12.2 Å². The second kappa shape index (κ2) is 4.99. The van der Waals surface area contributed by atoms with Gasteiger partial charge < -0.3 is 10.8 Å². The molecule has 0 spiro atoms. The van der Waals surface area contributed by atoms with Crippen LogP contribution in [0.15, 0.2) is 29.1 Å². The monoisotopic (exact) mass is 263 g/mol. The van der Waals surface area contributed by atoms with E-state index in [9.17, 15) is 14.0 Å². The van der Waals surface area contributed by atoms with E-state index in [1.807, 2.05) is 0 Å². The van der Waals surface area contributed by atoms with Crippen molar-refractivity contribution in [3.63, 3.8) is 0 Å². The van der Waals surface area contributed by atoms with E-state index in [0.29, 0.717) is 11.1 Å². The van der Waals surface area contributed by atoms with Crippen LogP contribution in [0, 0.1) is 5.82 Å². The lowest BCUT2D eigenvalue weighted by atomic mass is 10.1. The number of nitrogens with two attached hydrogens (primary N) is 1. The molecule has 19 heavy (non-hydrogen) atoms. The highest BCUT2D eigenvalue weighted by molar-refractivity contribution is 5.88. The molecule has 2 rings (SSSR count). The van der Waals surface area contributed by atoms with Crippen molar-refractivity contribution in [1.29, 1.82) is 0 Å². The SMILES string of the molecule is NCc1ccc(-c2cc(C(=O)O)c(=O)[nH]n2)cc1F. The number of aromatic nitrogens is 2. The molecule has 0 unspecified atom stereocenters. The molecule has 2 aromatic rings. The molecule has 1 aromatic heterocycles. The second-order valence-corrected chi connectivity index (χ2v) is 3.81. The number of hydrogen-bond acceptors (Lipinski definition) is 4. The minimum absolute atomic E-state index is 0.0611. The van der Waals surface area contributed by atoms with Gasteiger partial charge in [-0.1, -0.05) is 12.1 Å². The van der Waals surface area contributed by atoms with Gasteiger partial charge in [0.15, 0.2) is 0 Å². The molecule has 0 bridgehead atoms. The van der Waals surface area contributed by atoms with Gasteiger partial charge in [-0.2, -0.15) is 5.10 Å². The Labute approximate surface area is 106 Å². The fourth-order valence-electron chi connectivity index (χ4n) is 1.58. The number of nitrogens with zero attached hydrogens (tertiary/aromatic N) is 1. The molecule has 6 nitrogen and oxygen atoms in total. The average Bonchev–Trinajstić information content (AvgIpc) is 2.38. The van der Waals surface area contributed by atoms with Crippen molar-refractivity contribution in [2.24, 2.45) is 5.73 Å². The van der Waals surface area contributed by atoms with Gasteiger partial charge in [-0.25, -0.2) is 14.3 Å². The number of carboxylic acids is 1. The highest BCUT2D eigenvalue weighted by Gasteiger charge is 2.12. The highest BCUT2D eigenvalue weighted by atomic mass is 19.1. The molecule has 0 aliphatic rings.